The van der Waals surface area contributed by atoms with E-state index in [2.05, 4.69) is 42.4 Å². The van der Waals surface area contributed by atoms with Crippen LogP contribution >= 0.6 is 11.6 Å². The van der Waals surface area contributed by atoms with Gasteiger partial charge in [-0.05, 0) is 30.7 Å². The Hall–Kier alpha value is -3.12. The first-order valence-corrected chi connectivity index (χ1v) is 12.5. The molecular weight excluding hydrogens is 478 g/mol. The summed E-state index contributed by atoms with van der Waals surface area (Å²) in [6.45, 7) is 1.58. The average Bonchev–Trinajstić information content (AvgIpc) is 2.82. The van der Waals surface area contributed by atoms with E-state index in [4.69, 9.17) is 21.5 Å². The van der Waals surface area contributed by atoms with E-state index >= 15 is 0 Å². The van der Waals surface area contributed by atoms with Gasteiger partial charge in [-0.1, -0.05) is 41.9 Å². The van der Waals surface area contributed by atoms with E-state index in [-0.39, 0.29) is 22.9 Å². The topological polar surface area (TPSA) is 134 Å². The zero-order valence-corrected chi connectivity index (χ0v) is 20.1. The van der Waals surface area contributed by atoms with Crippen LogP contribution < -0.4 is 25.4 Å². The molecular formula is C22H26ClN7O3S. The standard InChI is InChI=1S/C22H26ClN7O3S/c1-33-20-14-30(15-7-3-2-4-8-15)12-11-19(20)27-22-25-13-16(23)21(28-22)26-17-9-5-6-10-18(17)29-34(24,31)32/h2-10,13,19-20,29H,11-12,14H2,1H3,(H2,24,31,32)(H2,25,26,27,28). The van der Waals surface area contributed by atoms with Gasteiger partial charge in [0.2, 0.25) is 5.95 Å². The van der Waals surface area contributed by atoms with Crippen molar-refractivity contribution in [3.63, 3.8) is 0 Å². The monoisotopic (exact) mass is 503 g/mol. The van der Waals surface area contributed by atoms with Gasteiger partial charge >= 0.3 is 0 Å². The lowest BCUT2D eigenvalue weighted by Gasteiger charge is -2.39. The van der Waals surface area contributed by atoms with Gasteiger partial charge in [0.05, 0.1) is 29.7 Å². The minimum Gasteiger partial charge on any atom is -0.377 e. The Kier molecular flexibility index (Phi) is 7.37. The van der Waals surface area contributed by atoms with Crippen molar-refractivity contribution in [2.75, 3.05) is 40.5 Å². The quantitative estimate of drug-likeness (QED) is 0.368. The molecule has 5 N–H and O–H groups in total. The van der Waals surface area contributed by atoms with Gasteiger partial charge in [-0.25, -0.2) is 10.1 Å². The SMILES string of the molecule is COC1CN(c2ccccc2)CCC1Nc1ncc(Cl)c(Nc2ccccc2NS(N)(=O)=O)n1. The third-order valence-electron chi connectivity index (χ3n) is 5.47. The van der Waals surface area contributed by atoms with Gasteiger partial charge < -0.3 is 20.3 Å². The van der Waals surface area contributed by atoms with Gasteiger partial charge in [0.15, 0.2) is 5.82 Å². The smallest absolute Gasteiger partial charge is 0.296 e. The van der Waals surface area contributed by atoms with E-state index in [9.17, 15) is 8.42 Å². The van der Waals surface area contributed by atoms with Crippen LogP contribution in [0.3, 0.4) is 0 Å². The Balaban J connectivity index is 1.49. The summed E-state index contributed by atoms with van der Waals surface area (Å²) in [6, 6.07) is 16.9. The molecule has 0 spiro atoms. The number of para-hydroxylation sites is 3. The molecule has 4 rings (SSSR count). The fraction of sp³-hybridized carbons (Fsp3) is 0.273. The van der Waals surface area contributed by atoms with Crippen molar-refractivity contribution < 1.29 is 13.2 Å². The van der Waals surface area contributed by atoms with E-state index in [1.54, 1.807) is 31.4 Å². The normalized spacial score (nSPS) is 18.4. The molecule has 34 heavy (non-hydrogen) atoms. The fourth-order valence-corrected chi connectivity index (χ4v) is 4.47. The minimum atomic E-state index is -3.95. The number of aromatic nitrogens is 2. The summed E-state index contributed by atoms with van der Waals surface area (Å²) < 4.78 is 31.0. The van der Waals surface area contributed by atoms with Crippen LogP contribution in [0.2, 0.25) is 5.02 Å². The summed E-state index contributed by atoms with van der Waals surface area (Å²) in [5.74, 6) is 0.697. The molecule has 2 aromatic carbocycles. The molecule has 0 aliphatic carbocycles. The molecule has 1 fully saturated rings. The van der Waals surface area contributed by atoms with Crippen molar-refractivity contribution in [2.45, 2.75) is 18.6 Å². The molecule has 1 aromatic heterocycles. The largest absolute Gasteiger partial charge is 0.377 e. The fourth-order valence-electron chi connectivity index (χ4n) is 3.85. The molecule has 12 heteroatoms. The number of ether oxygens (including phenoxy) is 1. The van der Waals surface area contributed by atoms with E-state index in [0.29, 0.717) is 17.5 Å². The van der Waals surface area contributed by atoms with Crippen molar-refractivity contribution >= 4 is 50.6 Å². The number of halogens is 1. The Morgan fingerprint density at radius 2 is 1.82 bits per heavy atom. The maximum absolute atomic E-state index is 11.5. The summed E-state index contributed by atoms with van der Waals surface area (Å²) in [7, 11) is -2.26. The second-order valence-corrected chi connectivity index (χ2v) is 9.50. The molecule has 0 amide bonds. The van der Waals surface area contributed by atoms with Gasteiger partial charge in [-0.3, -0.25) is 4.72 Å². The predicted octanol–water partition coefficient (Wildman–Crippen LogP) is 3.19. The van der Waals surface area contributed by atoms with Gasteiger partial charge in [0, 0.05) is 25.9 Å². The number of nitrogens with zero attached hydrogens (tertiary/aromatic N) is 3. The third-order valence-corrected chi connectivity index (χ3v) is 6.26. The molecule has 1 aliphatic rings. The highest BCUT2D eigenvalue weighted by Gasteiger charge is 2.30. The maximum Gasteiger partial charge on any atom is 0.296 e. The van der Waals surface area contributed by atoms with E-state index < -0.39 is 10.2 Å². The minimum absolute atomic E-state index is 0.00433. The molecule has 2 atom stereocenters. The van der Waals surface area contributed by atoms with Crippen molar-refractivity contribution in [1.82, 2.24) is 9.97 Å². The molecule has 0 bridgehead atoms. The molecule has 2 heterocycles. The first-order valence-electron chi connectivity index (χ1n) is 10.6. The second kappa shape index (κ2) is 10.4. The van der Waals surface area contributed by atoms with Crippen LogP contribution in [0.5, 0.6) is 0 Å². The van der Waals surface area contributed by atoms with Gasteiger partial charge in [-0.2, -0.15) is 13.4 Å². The maximum atomic E-state index is 11.5. The molecule has 0 saturated carbocycles. The summed E-state index contributed by atoms with van der Waals surface area (Å²) in [5.41, 5.74) is 1.86. The highest BCUT2D eigenvalue weighted by molar-refractivity contribution is 7.90. The lowest BCUT2D eigenvalue weighted by atomic mass is 10.0. The zero-order chi connectivity index (χ0) is 24.1. The molecule has 1 aliphatic heterocycles. The number of piperidine rings is 1. The molecule has 0 radical (unpaired) electrons. The number of hydrogen-bond acceptors (Lipinski definition) is 8. The first-order chi connectivity index (χ1) is 16.3. The molecule has 180 valence electrons. The molecule has 10 nitrogen and oxygen atoms in total. The van der Waals surface area contributed by atoms with Crippen LogP contribution in [-0.2, 0) is 14.9 Å². The molecule has 2 unspecified atom stereocenters. The van der Waals surface area contributed by atoms with Gasteiger partial charge in [0.25, 0.3) is 10.2 Å². The Bertz CT molecular complexity index is 1230. The summed E-state index contributed by atoms with van der Waals surface area (Å²) >= 11 is 6.31. The number of nitrogens with one attached hydrogen (secondary N) is 3. The van der Waals surface area contributed by atoms with Crippen LogP contribution in [0.25, 0.3) is 0 Å². The number of anilines is 5. The predicted molar refractivity (Wildman–Crippen MR) is 135 cm³/mol. The summed E-state index contributed by atoms with van der Waals surface area (Å²) in [6.07, 6.45) is 2.23. The van der Waals surface area contributed by atoms with Crippen LogP contribution in [0.4, 0.5) is 28.8 Å². The summed E-state index contributed by atoms with van der Waals surface area (Å²) in [5, 5.41) is 11.8. The van der Waals surface area contributed by atoms with Crippen molar-refractivity contribution in [2.24, 2.45) is 5.14 Å². The average molecular weight is 504 g/mol. The Morgan fingerprint density at radius 1 is 1.12 bits per heavy atom. The molecule has 3 aromatic rings. The number of benzene rings is 2. The van der Waals surface area contributed by atoms with Gasteiger partial charge in [-0.15, -0.1) is 0 Å². The lowest BCUT2D eigenvalue weighted by Crippen LogP contribution is -2.51. The Labute approximate surface area is 203 Å². The summed E-state index contributed by atoms with van der Waals surface area (Å²) in [4.78, 5) is 11.1. The van der Waals surface area contributed by atoms with E-state index in [1.165, 1.54) is 6.20 Å². The first kappa shape index (κ1) is 24.0. The highest BCUT2D eigenvalue weighted by Crippen LogP contribution is 2.30. The van der Waals surface area contributed by atoms with Crippen LogP contribution in [0.15, 0.2) is 60.8 Å². The van der Waals surface area contributed by atoms with E-state index in [0.717, 1.165) is 25.2 Å². The van der Waals surface area contributed by atoms with Gasteiger partial charge in [0.1, 0.15) is 5.02 Å². The zero-order valence-electron chi connectivity index (χ0n) is 18.5. The number of nitrogens with two attached hydrogens (primary N) is 1. The van der Waals surface area contributed by atoms with E-state index in [1.807, 2.05) is 18.2 Å². The van der Waals surface area contributed by atoms with Crippen molar-refractivity contribution in [3.05, 3.63) is 65.8 Å². The second-order valence-electron chi connectivity index (χ2n) is 7.80. The highest BCUT2D eigenvalue weighted by atomic mass is 35.5. The third kappa shape index (κ3) is 6.06. The number of hydrogen-bond donors (Lipinski definition) is 4. The van der Waals surface area contributed by atoms with Crippen LogP contribution in [-0.4, -0.2) is 50.7 Å². The lowest BCUT2D eigenvalue weighted by molar-refractivity contribution is 0.0788. The molecule has 1 saturated heterocycles. The Morgan fingerprint density at radius 3 is 2.53 bits per heavy atom. The van der Waals surface area contributed by atoms with Crippen molar-refractivity contribution in [1.29, 1.82) is 0 Å². The number of methoxy groups -OCH3 is 1. The van der Waals surface area contributed by atoms with Crippen molar-refractivity contribution in [3.8, 4) is 0 Å². The number of rotatable bonds is 8. The van der Waals surface area contributed by atoms with Crippen LogP contribution in [0, 0.1) is 0 Å². The van der Waals surface area contributed by atoms with Crippen LogP contribution in [0.1, 0.15) is 6.42 Å².